The van der Waals surface area contributed by atoms with Crippen molar-refractivity contribution in [2.45, 2.75) is 19.3 Å². The van der Waals surface area contributed by atoms with Crippen LogP contribution in [0.25, 0.3) is 0 Å². The van der Waals surface area contributed by atoms with E-state index in [9.17, 15) is 8.42 Å². The summed E-state index contributed by atoms with van der Waals surface area (Å²) >= 11 is 0. The Hall–Kier alpha value is -0.170. The van der Waals surface area contributed by atoms with Crippen LogP contribution in [0, 0.1) is 5.92 Å². The van der Waals surface area contributed by atoms with Gasteiger partial charge in [-0.25, -0.2) is 13.1 Å². The van der Waals surface area contributed by atoms with Gasteiger partial charge >= 0.3 is 0 Å². The number of nitrogens with one attached hydrogen (secondary N) is 1. The van der Waals surface area contributed by atoms with Gasteiger partial charge in [0.1, 0.15) is 0 Å². The van der Waals surface area contributed by atoms with E-state index in [1.54, 1.807) is 0 Å². The Balaban J connectivity index is 1.94. The maximum atomic E-state index is 10.8. The van der Waals surface area contributed by atoms with E-state index in [0.29, 0.717) is 19.1 Å². The van der Waals surface area contributed by atoms with E-state index < -0.39 is 10.0 Å². The van der Waals surface area contributed by atoms with Gasteiger partial charge in [-0.15, -0.1) is 0 Å². The minimum Gasteiger partial charge on any atom is -0.381 e. The second-order valence-electron chi connectivity index (χ2n) is 4.84. The average molecular weight is 264 g/mol. The maximum absolute atomic E-state index is 10.8. The van der Waals surface area contributed by atoms with Gasteiger partial charge in [0.2, 0.25) is 10.0 Å². The number of likely N-dealkylation sites (tertiary alicyclic amines) is 1. The van der Waals surface area contributed by atoms with E-state index in [1.807, 2.05) is 0 Å². The van der Waals surface area contributed by atoms with Gasteiger partial charge in [-0.3, -0.25) is 0 Å². The topological polar surface area (TPSA) is 58.6 Å². The summed E-state index contributed by atoms with van der Waals surface area (Å²) in [6, 6.07) is 0. The first-order valence-corrected chi connectivity index (χ1v) is 8.07. The van der Waals surface area contributed by atoms with Crippen LogP contribution in [0.1, 0.15) is 19.3 Å². The lowest BCUT2D eigenvalue weighted by atomic mass is 9.98. The van der Waals surface area contributed by atoms with Gasteiger partial charge in [0.05, 0.1) is 6.26 Å². The zero-order valence-electron chi connectivity index (χ0n) is 10.8. The van der Waals surface area contributed by atoms with E-state index in [4.69, 9.17) is 4.74 Å². The number of piperidine rings is 1. The van der Waals surface area contributed by atoms with Gasteiger partial charge in [-0.2, -0.15) is 0 Å². The van der Waals surface area contributed by atoms with Crippen molar-refractivity contribution >= 4 is 10.0 Å². The van der Waals surface area contributed by atoms with Crippen LogP contribution < -0.4 is 4.72 Å². The fourth-order valence-corrected chi connectivity index (χ4v) is 2.43. The van der Waals surface area contributed by atoms with Gasteiger partial charge in [-0.05, 0) is 45.3 Å². The van der Waals surface area contributed by atoms with Gasteiger partial charge in [0.15, 0.2) is 0 Å². The third-order valence-corrected chi connectivity index (χ3v) is 3.75. The van der Waals surface area contributed by atoms with Gasteiger partial charge in [0, 0.05) is 19.8 Å². The Morgan fingerprint density at radius 1 is 1.35 bits per heavy atom. The summed E-state index contributed by atoms with van der Waals surface area (Å²) in [7, 11) is -0.902. The Bertz CT molecular complexity index is 298. The molecule has 0 aromatic heterocycles. The summed E-state index contributed by atoms with van der Waals surface area (Å²) in [6.07, 6.45) is 4.32. The number of nitrogens with zero attached hydrogens (tertiary/aromatic N) is 1. The molecule has 1 heterocycles. The summed E-state index contributed by atoms with van der Waals surface area (Å²) in [5.41, 5.74) is 0. The molecule has 5 nitrogen and oxygen atoms in total. The highest BCUT2D eigenvalue weighted by Crippen LogP contribution is 2.15. The van der Waals surface area contributed by atoms with Crippen LogP contribution >= 0.6 is 0 Å². The predicted molar refractivity (Wildman–Crippen MR) is 68.5 cm³/mol. The molecule has 1 saturated heterocycles. The van der Waals surface area contributed by atoms with Gasteiger partial charge in [-0.1, -0.05) is 0 Å². The lowest BCUT2D eigenvalue weighted by Gasteiger charge is -2.28. The summed E-state index contributed by atoms with van der Waals surface area (Å²) in [4.78, 5) is 2.34. The van der Waals surface area contributed by atoms with Crippen molar-refractivity contribution in [1.82, 2.24) is 9.62 Å². The fourth-order valence-electron chi connectivity index (χ4n) is 1.91. The first-order chi connectivity index (χ1) is 7.97. The van der Waals surface area contributed by atoms with Crippen LogP contribution in [0.5, 0.6) is 0 Å². The van der Waals surface area contributed by atoms with Crippen molar-refractivity contribution in [2.24, 2.45) is 5.92 Å². The minimum atomic E-state index is -3.05. The molecule has 1 rings (SSSR count). The molecule has 102 valence electrons. The van der Waals surface area contributed by atoms with Crippen LogP contribution in [0.4, 0.5) is 0 Å². The molecule has 0 unspecified atom stereocenters. The van der Waals surface area contributed by atoms with Crippen LogP contribution in [0.15, 0.2) is 0 Å². The van der Waals surface area contributed by atoms with E-state index >= 15 is 0 Å². The van der Waals surface area contributed by atoms with Gasteiger partial charge in [0.25, 0.3) is 0 Å². The van der Waals surface area contributed by atoms with Crippen LogP contribution in [-0.4, -0.2) is 59.5 Å². The highest BCUT2D eigenvalue weighted by molar-refractivity contribution is 7.88. The second kappa shape index (κ2) is 7.31. The second-order valence-corrected chi connectivity index (χ2v) is 6.67. The van der Waals surface area contributed by atoms with Crippen LogP contribution in [0.2, 0.25) is 0 Å². The molecule has 17 heavy (non-hydrogen) atoms. The standard InChI is InChI=1S/C11H24N2O3S/c1-13-7-4-11(5-8-13)10-16-9-3-6-12-17(2,14)15/h11-12H,3-10H2,1-2H3. The van der Waals surface area contributed by atoms with Crippen molar-refractivity contribution in [3.05, 3.63) is 0 Å². The molecule has 6 heteroatoms. The van der Waals surface area contributed by atoms with Crippen molar-refractivity contribution < 1.29 is 13.2 Å². The van der Waals surface area contributed by atoms with Crippen LogP contribution in [0.3, 0.4) is 0 Å². The highest BCUT2D eigenvalue weighted by atomic mass is 32.2. The molecule has 0 bridgehead atoms. The molecule has 0 aromatic carbocycles. The Morgan fingerprint density at radius 2 is 2.00 bits per heavy atom. The zero-order chi connectivity index (χ0) is 12.7. The first kappa shape index (κ1) is 14.9. The first-order valence-electron chi connectivity index (χ1n) is 6.18. The maximum Gasteiger partial charge on any atom is 0.208 e. The molecular formula is C11H24N2O3S. The van der Waals surface area contributed by atoms with E-state index in [1.165, 1.54) is 19.1 Å². The SMILES string of the molecule is CN1CCC(COCCCNS(C)(=O)=O)CC1. The molecule has 1 aliphatic heterocycles. The Morgan fingerprint density at radius 3 is 2.59 bits per heavy atom. The molecular weight excluding hydrogens is 240 g/mol. The summed E-state index contributed by atoms with van der Waals surface area (Å²) in [5.74, 6) is 0.675. The van der Waals surface area contributed by atoms with Gasteiger partial charge < -0.3 is 9.64 Å². The number of hydrogen-bond acceptors (Lipinski definition) is 4. The molecule has 0 amide bonds. The van der Waals surface area contributed by atoms with Crippen LogP contribution in [-0.2, 0) is 14.8 Å². The molecule has 1 fully saturated rings. The summed E-state index contributed by atoms with van der Waals surface area (Å²) in [6.45, 7) is 4.22. The van der Waals surface area contributed by atoms with Crippen molar-refractivity contribution in [3.63, 3.8) is 0 Å². The predicted octanol–water partition coefficient (Wildman–Crippen LogP) is 0.284. The summed E-state index contributed by atoms with van der Waals surface area (Å²) < 4.78 is 29.6. The third kappa shape index (κ3) is 7.70. The molecule has 1 N–H and O–H groups in total. The molecule has 0 aromatic rings. The number of sulfonamides is 1. The third-order valence-electron chi connectivity index (χ3n) is 3.02. The minimum absolute atomic E-state index is 0.465. The molecule has 0 atom stereocenters. The number of hydrogen-bond donors (Lipinski definition) is 1. The van der Waals surface area contributed by atoms with E-state index in [2.05, 4.69) is 16.7 Å². The molecule has 0 aliphatic carbocycles. The monoisotopic (exact) mass is 264 g/mol. The normalized spacial score (nSPS) is 19.6. The summed E-state index contributed by atoms with van der Waals surface area (Å²) in [5, 5.41) is 0. The molecule has 0 saturated carbocycles. The lowest BCUT2D eigenvalue weighted by Crippen LogP contribution is -2.32. The van der Waals surface area contributed by atoms with E-state index in [0.717, 1.165) is 26.1 Å². The smallest absolute Gasteiger partial charge is 0.208 e. The average Bonchev–Trinajstić information content (AvgIpc) is 2.24. The Labute approximate surface area is 105 Å². The zero-order valence-corrected chi connectivity index (χ0v) is 11.6. The molecule has 0 spiro atoms. The molecule has 0 radical (unpaired) electrons. The fraction of sp³-hybridized carbons (Fsp3) is 1.00. The van der Waals surface area contributed by atoms with Crippen molar-refractivity contribution in [2.75, 3.05) is 46.2 Å². The largest absolute Gasteiger partial charge is 0.381 e. The number of ether oxygens (including phenoxy) is 1. The Kier molecular flexibility index (Phi) is 6.40. The van der Waals surface area contributed by atoms with Crippen molar-refractivity contribution in [3.8, 4) is 0 Å². The van der Waals surface area contributed by atoms with E-state index in [-0.39, 0.29) is 0 Å². The quantitative estimate of drug-likeness (QED) is 0.671. The number of rotatable bonds is 7. The van der Waals surface area contributed by atoms with Crippen molar-refractivity contribution in [1.29, 1.82) is 0 Å². The molecule has 1 aliphatic rings. The highest BCUT2D eigenvalue weighted by Gasteiger charge is 2.16. The lowest BCUT2D eigenvalue weighted by molar-refractivity contribution is 0.0714.